The Morgan fingerprint density at radius 3 is 2.70 bits per heavy atom. The van der Waals surface area contributed by atoms with E-state index in [1.54, 1.807) is 30.3 Å². The van der Waals surface area contributed by atoms with Crippen LogP contribution in [-0.4, -0.2) is 16.2 Å². The zero-order valence-electron chi connectivity index (χ0n) is 15.6. The fraction of sp³-hybridized carbons (Fsp3) is 0.0455. The lowest BCUT2D eigenvalue weighted by molar-refractivity contribution is -0.113. The van der Waals surface area contributed by atoms with Gasteiger partial charge in [-0.05, 0) is 54.5 Å². The van der Waals surface area contributed by atoms with Gasteiger partial charge in [-0.15, -0.1) is 0 Å². The molecular weight excluding hydrogens is 442 g/mol. The quantitative estimate of drug-likeness (QED) is 0.212. The molecule has 3 aromatic rings. The fourth-order valence-corrected chi connectivity index (χ4v) is 4.39. The molecule has 0 atom stereocenters. The van der Waals surface area contributed by atoms with Crippen LogP contribution in [-0.2, 0) is 4.79 Å². The lowest BCUT2D eigenvalue weighted by Crippen LogP contribution is -2.28. The molecule has 8 heteroatoms. The highest BCUT2D eigenvalue weighted by molar-refractivity contribution is 8.27. The Hall–Kier alpha value is -2.87. The zero-order valence-corrected chi connectivity index (χ0v) is 18.0. The van der Waals surface area contributed by atoms with Crippen molar-refractivity contribution in [3.8, 4) is 5.75 Å². The summed E-state index contributed by atoms with van der Waals surface area (Å²) in [5.41, 5.74) is 2.41. The number of thiocarbonyl (C=S) groups is 1. The topological polar surface area (TPSA) is 59.8 Å². The molecule has 30 heavy (non-hydrogen) atoms. The molecule has 4 rings (SSSR count). The number of amides is 1. The van der Waals surface area contributed by atoms with Crippen molar-refractivity contribution in [2.45, 2.75) is 6.92 Å². The molecule has 0 saturated carbocycles. The van der Waals surface area contributed by atoms with Crippen molar-refractivity contribution in [1.82, 2.24) is 0 Å². The van der Waals surface area contributed by atoms with Crippen molar-refractivity contribution in [3.63, 3.8) is 0 Å². The minimum atomic E-state index is -0.645. The van der Waals surface area contributed by atoms with Crippen molar-refractivity contribution < 1.29 is 18.7 Å². The average Bonchev–Trinajstić information content (AvgIpc) is 3.34. The summed E-state index contributed by atoms with van der Waals surface area (Å²) in [5, 5.41) is 0.234. The smallest absolute Gasteiger partial charge is 0.379 e. The van der Waals surface area contributed by atoms with Gasteiger partial charge in [-0.25, -0.2) is 4.79 Å². The number of ether oxygens (including phenoxy) is 1. The average molecular weight is 456 g/mol. The van der Waals surface area contributed by atoms with Crippen molar-refractivity contribution in [3.05, 3.63) is 87.7 Å². The summed E-state index contributed by atoms with van der Waals surface area (Å²) in [4.78, 5) is 27.0. The summed E-state index contributed by atoms with van der Waals surface area (Å²) in [6, 6.07) is 15.6. The Kier molecular flexibility index (Phi) is 5.76. The van der Waals surface area contributed by atoms with E-state index < -0.39 is 5.97 Å². The number of esters is 1. The van der Waals surface area contributed by atoms with E-state index in [1.165, 1.54) is 29.0 Å². The minimum Gasteiger partial charge on any atom is -0.457 e. The molecule has 0 radical (unpaired) electrons. The van der Waals surface area contributed by atoms with Gasteiger partial charge in [0.1, 0.15) is 5.75 Å². The van der Waals surface area contributed by atoms with Gasteiger partial charge < -0.3 is 9.15 Å². The number of anilines is 1. The van der Waals surface area contributed by atoms with Gasteiger partial charge in [0.15, 0.2) is 4.32 Å². The molecule has 1 saturated heterocycles. The standard InChI is InChI=1S/C22H14ClNO4S2/c1-13-5-2-3-6-16(13)24-20(25)19(30-22(24)29)12-14-8-9-17(15(23)11-14)28-21(26)18-7-4-10-27-18/h2-12H,1H3. The van der Waals surface area contributed by atoms with E-state index in [2.05, 4.69) is 0 Å². The molecule has 1 aliphatic rings. The zero-order chi connectivity index (χ0) is 21.3. The number of carbonyl (C=O) groups is 2. The molecule has 0 spiro atoms. The van der Waals surface area contributed by atoms with Crippen molar-refractivity contribution in [2.75, 3.05) is 4.90 Å². The Labute approximate surface area is 187 Å². The van der Waals surface area contributed by atoms with E-state index in [-0.39, 0.29) is 22.4 Å². The highest BCUT2D eigenvalue weighted by Crippen LogP contribution is 2.38. The number of para-hydroxylation sites is 1. The van der Waals surface area contributed by atoms with E-state index in [0.717, 1.165) is 11.3 Å². The van der Waals surface area contributed by atoms with E-state index in [9.17, 15) is 9.59 Å². The molecule has 1 amide bonds. The van der Waals surface area contributed by atoms with Gasteiger partial charge in [0.05, 0.1) is 21.9 Å². The second-order valence-corrected chi connectivity index (χ2v) is 8.44. The van der Waals surface area contributed by atoms with E-state index in [4.69, 9.17) is 33.0 Å². The molecule has 0 unspecified atom stereocenters. The monoisotopic (exact) mass is 455 g/mol. The third-order valence-electron chi connectivity index (χ3n) is 4.33. The third-order valence-corrected chi connectivity index (χ3v) is 5.93. The molecule has 150 valence electrons. The first-order valence-corrected chi connectivity index (χ1v) is 10.4. The first-order chi connectivity index (χ1) is 14.4. The van der Waals surface area contributed by atoms with Gasteiger partial charge >= 0.3 is 5.97 Å². The van der Waals surface area contributed by atoms with Crippen LogP contribution in [0.15, 0.2) is 70.2 Å². The van der Waals surface area contributed by atoms with Crippen LogP contribution in [0.25, 0.3) is 6.08 Å². The number of nitrogens with zero attached hydrogens (tertiary/aromatic N) is 1. The lowest BCUT2D eigenvalue weighted by Gasteiger charge is -2.16. The van der Waals surface area contributed by atoms with Gasteiger partial charge in [-0.2, -0.15) is 0 Å². The second kappa shape index (κ2) is 8.47. The number of furan rings is 1. The number of benzene rings is 2. The summed E-state index contributed by atoms with van der Waals surface area (Å²) in [6.07, 6.45) is 3.09. The van der Waals surface area contributed by atoms with E-state index >= 15 is 0 Å². The SMILES string of the molecule is Cc1ccccc1N1C(=O)C(=Cc2ccc(OC(=O)c3ccco3)c(Cl)c2)SC1=S. The molecular formula is C22H14ClNO4S2. The predicted octanol–water partition coefficient (Wildman–Crippen LogP) is 5.87. The highest BCUT2D eigenvalue weighted by atomic mass is 35.5. The number of hydrogen-bond acceptors (Lipinski definition) is 6. The third kappa shape index (κ3) is 4.05. The van der Waals surface area contributed by atoms with Crippen LogP contribution in [0.1, 0.15) is 21.7 Å². The molecule has 5 nitrogen and oxygen atoms in total. The first kappa shape index (κ1) is 20.4. The largest absolute Gasteiger partial charge is 0.457 e. The van der Waals surface area contributed by atoms with Crippen LogP contribution in [0.5, 0.6) is 5.75 Å². The van der Waals surface area contributed by atoms with Crippen LogP contribution in [0.2, 0.25) is 5.02 Å². The minimum absolute atomic E-state index is 0.0787. The molecule has 1 fully saturated rings. The number of rotatable bonds is 4. The fourth-order valence-electron chi connectivity index (χ4n) is 2.88. The summed E-state index contributed by atoms with van der Waals surface area (Å²) in [6.45, 7) is 1.93. The first-order valence-electron chi connectivity index (χ1n) is 8.83. The summed E-state index contributed by atoms with van der Waals surface area (Å²) >= 11 is 12.9. The summed E-state index contributed by atoms with van der Waals surface area (Å²) < 4.78 is 10.7. The van der Waals surface area contributed by atoms with Crippen LogP contribution in [0.4, 0.5) is 5.69 Å². The molecule has 1 aromatic heterocycles. The Morgan fingerprint density at radius 1 is 1.20 bits per heavy atom. The van der Waals surface area contributed by atoms with Gasteiger partial charge in [-0.3, -0.25) is 9.69 Å². The van der Waals surface area contributed by atoms with Crippen molar-refractivity contribution in [2.24, 2.45) is 0 Å². The Bertz CT molecular complexity index is 1190. The maximum absolute atomic E-state index is 12.9. The number of carbonyl (C=O) groups excluding carboxylic acids is 2. The van der Waals surface area contributed by atoms with Gasteiger partial charge in [-0.1, -0.05) is 59.8 Å². The number of hydrogen-bond donors (Lipinski definition) is 0. The van der Waals surface area contributed by atoms with Crippen molar-refractivity contribution >= 4 is 63.5 Å². The molecule has 2 heterocycles. The van der Waals surface area contributed by atoms with Crippen LogP contribution in [0, 0.1) is 6.92 Å². The van der Waals surface area contributed by atoms with Crippen molar-refractivity contribution in [1.29, 1.82) is 0 Å². The molecule has 0 bridgehead atoms. The van der Waals surface area contributed by atoms with Crippen LogP contribution < -0.4 is 9.64 Å². The molecule has 0 aliphatic carbocycles. The maximum atomic E-state index is 12.9. The maximum Gasteiger partial charge on any atom is 0.379 e. The van der Waals surface area contributed by atoms with Gasteiger partial charge in [0.2, 0.25) is 5.76 Å². The van der Waals surface area contributed by atoms with E-state index in [1.807, 2.05) is 31.2 Å². The second-order valence-electron chi connectivity index (χ2n) is 6.36. The Balaban J connectivity index is 1.56. The van der Waals surface area contributed by atoms with Crippen LogP contribution >= 0.6 is 35.6 Å². The normalized spacial score (nSPS) is 15.1. The summed E-state index contributed by atoms with van der Waals surface area (Å²) in [5.74, 6) is -0.560. The predicted molar refractivity (Wildman–Crippen MR) is 122 cm³/mol. The molecule has 2 aromatic carbocycles. The molecule has 1 aliphatic heterocycles. The highest BCUT2D eigenvalue weighted by Gasteiger charge is 2.34. The number of aryl methyl sites for hydroxylation is 1. The number of halogens is 1. The Morgan fingerprint density at radius 2 is 2.00 bits per heavy atom. The summed E-state index contributed by atoms with van der Waals surface area (Å²) in [7, 11) is 0. The van der Waals surface area contributed by atoms with E-state index in [0.29, 0.717) is 14.8 Å². The van der Waals surface area contributed by atoms with Crippen LogP contribution in [0.3, 0.4) is 0 Å². The number of thioether (sulfide) groups is 1. The lowest BCUT2D eigenvalue weighted by atomic mass is 10.1. The van der Waals surface area contributed by atoms with Gasteiger partial charge in [0, 0.05) is 0 Å². The molecule has 0 N–H and O–H groups in total. The van der Waals surface area contributed by atoms with Gasteiger partial charge in [0.25, 0.3) is 5.91 Å².